The Hall–Kier alpha value is -2.50. The van der Waals surface area contributed by atoms with Crippen LogP contribution in [0.15, 0.2) is 30.5 Å². The Morgan fingerprint density at radius 2 is 2.10 bits per heavy atom. The Kier molecular flexibility index (Phi) is 5.28. The van der Waals surface area contributed by atoms with Crippen molar-refractivity contribution in [2.24, 2.45) is 0 Å². The minimum Gasteiger partial charge on any atom is -0.436 e. The molecule has 0 spiro atoms. The highest BCUT2D eigenvalue weighted by atomic mass is 32.1. The van der Waals surface area contributed by atoms with Crippen molar-refractivity contribution in [3.63, 3.8) is 0 Å². The minimum atomic E-state index is -0.515. The summed E-state index contributed by atoms with van der Waals surface area (Å²) in [7, 11) is 0. The zero-order chi connectivity index (χ0) is 20.2. The summed E-state index contributed by atoms with van der Waals surface area (Å²) in [6, 6.07) is 6.71. The van der Waals surface area contributed by atoms with Crippen molar-refractivity contribution in [1.82, 2.24) is 19.4 Å². The fourth-order valence-electron chi connectivity index (χ4n) is 3.94. The molecule has 0 saturated carbocycles. The van der Waals surface area contributed by atoms with E-state index in [1.165, 1.54) is 23.2 Å². The fourth-order valence-corrected chi connectivity index (χ4v) is 5.00. The molecular weight excluding hydrogens is 429 g/mol. The predicted octanol–water partition coefficient (Wildman–Crippen LogP) is 3.38. The Morgan fingerprint density at radius 1 is 1.33 bits per heavy atom. The average molecular weight is 450 g/mol. The monoisotopic (exact) mass is 449 g/mol. The number of ether oxygens (including phenoxy) is 1. The van der Waals surface area contributed by atoms with E-state index in [0.717, 1.165) is 29.2 Å². The number of benzene rings is 1. The summed E-state index contributed by atoms with van der Waals surface area (Å²) in [4.78, 5) is 22.6. The first-order valence-corrected chi connectivity index (χ1v) is 10.1. The molecule has 3 aromatic rings. The van der Waals surface area contributed by atoms with Gasteiger partial charge in [0.2, 0.25) is 0 Å². The van der Waals surface area contributed by atoms with Gasteiger partial charge in [-0.25, -0.2) is 9.37 Å². The van der Waals surface area contributed by atoms with Gasteiger partial charge in [-0.1, -0.05) is 0 Å². The smallest absolute Gasteiger partial charge is 0.415 e. The first kappa shape index (κ1) is 20.8. The lowest BCUT2D eigenvalue weighted by Crippen LogP contribution is -2.46. The molecule has 158 valence electrons. The van der Waals surface area contributed by atoms with E-state index in [4.69, 9.17) is 9.72 Å². The molecule has 2 aromatic heterocycles. The minimum absolute atomic E-state index is 0. The molecule has 0 N–H and O–H groups in total. The largest absolute Gasteiger partial charge is 0.436 e. The van der Waals surface area contributed by atoms with Crippen LogP contribution in [0.4, 0.5) is 10.2 Å². The molecule has 8 nitrogen and oxygen atoms in total. The zero-order valence-corrected chi connectivity index (χ0v) is 18.0. The molecule has 2 aliphatic heterocycles. The molecule has 0 unspecified atom stereocenters. The molecule has 11 heteroatoms. The molecule has 1 atom stereocenters. The van der Waals surface area contributed by atoms with Crippen molar-refractivity contribution >= 4 is 30.7 Å². The van der Waals surface area contributed by atoms with Crippen molar-refractivity contribution < 1.29 is 14.1 Å². The summed E-state index contributed by atoms with van der Waals surface area (Å²) in [5.74, 6) is -0.447. The van der Waals surface area contributed by atoms with Gasteiger partial charge in [-0.05, 0) is 42.5 Å². The summed E-state index contributed by atoms with van der Waals surface area (Å²) < 4.78 is 20.8. The number of rotatable bonds is 4. The second-order valence-corrected chi connectivity index (χ2v) is 8.76. The molecule has 0 aliphatic carbocycles. The van der Waals surface area contributed by atoms with Crippen LogP contribution in [0.5, 0.6) is 6.01 Å². The van der Waals surface area contributed by atoms with Crippen LogP contribution in [0.1, 0.15) is 17.5 Å². The van der Waals surface area contributed by atoms with Gasteiger partial charge in [0.1, 0.15) is 22.6 Å². The summed E-state index contributed by atoms with van der Waals surface area (Å²) in [5, 5.41) is 11.8. The van der Waals surface area contributed by atoms with Crippen LogP contribution in [-0.4, -0.2) is 43.0 Å². The lowest BCUT2D eigenvalue weighted by molar-refractivity contribution is -0.389. The maximum Gasteiger partial charge on any atom is 0.415 e. The van der Waals surface area contributed by atoms with Crippen LogP contribution in [0.25, 0.3) is 10.6 Å². The Labute approximate surface area is 182 Å². The molecule has 0 fully saturated rings. The van der Waals surface area contributed by atoms with Crippen LogP contribution in [0.3, 0.4) is 0 Å². The number of nitro groups is 1. The number of hydrogen-bond donors (Lipinski definition) is 0. The summed E-state index contributed by atoms with van der Waals surface area (Å²) in [6.45, 7) is 4.79. The number of nitrogens with zero attached hydrogens (tertiary/aromatic N) is 5. The number of thiazole rings is 1. The quantitative estimate of drug-likeness (QED) is 0.448. The molecule has 4 heterocycles. The van der Waals surface area contributed by atoms with Gasteiger partial charge in [0.25, 0.3) is 0 Å². The van der Waals surface area contributed by atoms with Gasteiger partial charge in [-0.3, -0.25) is 9.47 Å². The van der Waals surface area contributed by atoms with E-state index in [1.807, 2.05) is 6.92 Å². The maximum atomic E-state index is 13.2. The third-order valence-corrected chi connectivity index (χ3v) is 6.42. The third-order valence-electron chi connectivity index (χ3n) is 5.21. The highest BCUT2D eigenvalue weighted by molar-refractivity contribution is 7.59. The molecule has 0 radical (unpaired) electrons. The number of hydrogen-bond acceptors (Lipinski definition) is 7. The van der Waals surface area contributed by atoms with Crippen LogP contribution < -0.4 is 4.74 Å². The van der Waals surface area contributed by atoms with Gasteiger partial charge in [0.05, 0.1) is 12.2 Å². The SMILES string of the molecule is C[C@]1(CN2CCc3sc(-c4ccc(F)cc4)nc3C2)Cn2cc([N+](=O)[O-])nc2O1.S. The molecule has 5 rings (SSSR count). The highest BCUT2D eigenvalue weighted by Gasteiger charge is 2.42. The van der Waals surface area contributed by atoms with Gasteiger partial charge in [0, 0.05) is 35.1 Å². The Morgan fingerprint density at radius 3 is 2.80 bits per heavy atom. The van der Waals surface area contributed by atoms with Gasteiger partial charge in [-0.15, -0.1) is 11.3 Å². The van der Waals surface area contributed by atoms with Gasteiger partial charge in [0.15, 0.2) is 0 Å². The first-order valence-electron chi connectivity index (χ1n) is 9.26. The Bertz CT molecular complexity index is 1070. The van der Waals surface area contributed by atoms with E-state index in [1.54, 1.807) is 28.0 Å². The van der Waals surface area contributed by atoms with Crippen LogP contribution in [-0.2, 0) is 19.5 Å². The maximum absolute atomic E-state index is 13.2. The lowest BCUT2D eigenvalue weighted by atomic mass is 10.0. The van der Waals surface area contributed by atoms with Crippen molar-refractivity contribution in [3.8, 4) is 16.6 Å². The predicted molar refractivity (Wildman–Crippen MR) is 115 cm³/mol. The van der Waals surface area contributed by atoms with Crippen molar-refractivity contribution in [3.05, 3.63) is 57.0 Å². The van der Waals surface area contributed by atoms with E-state index < -0.39 is 10.5 Å². The molecule has 0 amide bonds. The first-order chi connectivity index (χ1) is 13.9. The van der Waals surface area contributed by atoms with Gasteiger partial charge < -0.3 is 14.9 Å². The topological polar surface area (TPSA) is 86.3 Å². The Balaban J connectivity index is 0.00000218. The normalized spacial score (nSPS) is 20.2. The van der Waals surface area contributed by atoms with Crippen molar-refractivity contribution in [2.45, 2.75) is 32.0 Å². The molecule has 1 aromatic carbocycles. The van der Waals surface area contributed by atoms with E-state index in [2.05, 4.69) is 9.88 Å². The van der Waals surface area contributed by atoms with E-state index in [0.29, 0.717) is 25.6 Å². The van der Waals surface area contributed by atoms with Crippen molar-refractivity contribution in [1.29, 1.82) is 0 Å². The molecule has 30 heavy (non-hydrogen) atoms. The van der Waals surface area contributed by atoms with Crippen LogP contribution in [0.2, 0.25) is 0 Å². The number of aromatic nitrogens is 3. The van der Waals surface area contributed by atoms with E-state index >= 15 is 0 Å². The number of fused-ring (bicyclic) bond motifs is 2. The zero-order valence-electron chi connectivity index (χ0n) is 16.2. The molecule has 2 aliphatic rings. The second kappa shape index (κ2) is 7.64. The van der Waals surface area contributed by atoms with Gasteiger partial charge in [-0.2, -0.15) is 13.5 Å². The fraction of sp³-hybridized carbons (Fsp3) is 0.368. The molecule has 0 saturated heterocycles. The third kappa shape index (κ3) is 3.80. The van der Waals surface area contributed by atoms with Crippen LogP contribution >= 0.6 is 24.8 Å². The standard InChI is InChI=1S/C19H18FN5O3S.H2S/c1-19(11-24-9-16(25(26)27)22-18(24)28-19)10-23-7-6-15-14(8-23)21-17(29-15)12-2-4-13(20)5-3-12;/h2-5,9H,6-8,10-11H2,1H3;1H2/t19-;/m0./s1. The molecule has 0 bridgehead atoms. The van der Waals surface area contributed by atoms with Crippen LogP contribution in [0, 0.1) is 15.9 Å². The molecular formula is C19H20FN5O3S2. The van der Waals surface area contributed by atoms with Crippen molar-refractivity contribution in [2.75, 3.05) is 13.1 Å². The van der Waals surface area contributed by atoms with E-state index in [-0.39, 0.29) is 25.1 Å². The van der Waals surface area contributed by atoms with Gasteiger partial charge >= 0.3 is 11.8 Å². The van der Waals surface area contributed by atoms with E-state index in [9.17, 15) is 14.5 Å². The summed E-state index contributed by atoms with van der Waals surface area (Å²) in [6.07, 6.45) is 2.32. The summed E-state index contributed by atoms with van der Waals surface area (Å²) >= 11 is 1.66. The second-order valence-electron chi connectivity index (χ2n) is 7.68. The summed E-state index contributed by atoms with van der Waals surface area (Å²) in [5.41, 5.74) is 1.48. The number of imidazole rings is 1. The average Bonchev–Trinajstić information content (AvgIpc) is 3.33. The highest BCUT2D eigenvalue weighted by Crippen LogP contribution is 2.35. The number of halogens is 1. The lowest BCUT2D eigenvalue weighted by Gasteiger charge is -2.32.